The fourth-order valence-corrected chi connectivity index (χ4v) is 13.9. The van der Waals surface area contributed by atoms with E-state index in [2.05, 4.69) is 71.6 Å². The minimum absolute atomic E-state index is 0.147. The Labute approximate surface area is 529 Å². The molecule has 0 aromatic heterocycles. The van der Waals surface area contributed by atoms with E-state index >= 15 is 0 Å². The standard InChI is InChI=1S/C72H142N4O6S2/c1-5-9-13-17-21-23-25-27-29-31-33-35-39-43-50-68(77)64-75(65-69(78)51-44-40-36-34-32-30-28-26-24-22-18-14-10-6-2)53-45-46-62-83-84-63-60-74-57-55-73(56-58-74)59-61-82-72(81)52-47-54-76(66-70(79)48-41-37-19-15-11-7-3)67-71(80)49-42-38-20-16-12-8-4/h27-30,68-71,77-80H,5-26,31-67H2,1-4H3/b29-27-,30-28-. The maximum atomic E-state index is 12.8. The number of carbonyl (C=O) groups is 1. The lowest BCUT2D eigenvalue weighted by Gasteiger charge is -2.34. The topological polar surface area (TPSA) is 120 Å². The number of aliphatic hydroxyl groups excluding tert-OH is 4. The van der Waals surface area contributed by atoms with Crippen molar-refractivity contribution in [2.75, 3.05) is 96.6 Å². The van der Waals surface area contributed by atoms with Crippen molar-refractivity contribution in [3.63, 3.8) is 0 Å². The van der Waals surface area contributed by atoms with Crippen molar-refractivity contribution in [1.29, 1.82) is 0 Å². The number of esters is 1. The van der Waals surface area contributed by atoms with Crippen molar-refractivity contribution in [2.24, 2.45) is 0 Å². The molecule has 498 valence electrons. The van der Waals surface area contributed by atoms with Gasteiger partial charge in [-0.1, -0.05) is 253 Å². The summed E-state index contributed by atoms with van der Waals surface area (Å²) in [6.07, 6.45) is 59.8. The first-order chi connectivity index (χ1) is 41.2. The van der Waals surface area contributed by atoms with Crippen LogP contribution < -0.4 is 0 Å². The molecule has 1 fully saturated rings. The SMILES string of the molecule is CCCCCCCC/C=C\CCCCCCC(O)CN(CCCCSSCCN1CCN(CCOC(=O)CCCN(CC(O)CCCCCCCC)CC(O)CCCCCCCC)CC1)CC(O)CCCCCC/C=C\CCCCCCCC. The highest BCUT2D eigenvalue weighted by Gasteiger charge is 2.20. The summed E-state index contributed by atoms with van der Waals surface area (Å²) >= 11 is 0. The summed E-state index contributed by atoms with van der Waals surface area (Å²) in [6, 6.07) is 0. The lowest BCUT2D eigenvalue weighted by Crippen LogP contribution is -2.47. The number of rotatable bonds is 66. The number of ether oxygens (including phenoxy) is 1. The summed E-state index contributed by atoms with van der Waals surface area (Å²) < 4.78 is 5.71. The first-order valence-corrected chi connectivity index (χ1v) is 39.0. The summed E-state index contributed by atoms with van der Waals surface area (Å²) in [5.74, 6) is 2.10. The van der Waals surface area contributed by atoms with E-state index in [1.165, 1.54) is 205 Å². The number of hydrogen-bond donors (Lipinski definition) is 4. The van der Waals surface area contributed by atoms with E-state index in [1.807, 2.05) is 21.6 Å². The molecule has 4 unspecified atom stereocenters. The van der Waals surface area contributed by atoms with E-state index in [0.717, 1.165) is 122 Å². The minimum atomic E-state index is -0.403. The van der Waals surface area contributed by atoms with Gasteiger partial charge in [-0.3, -0.25) is 24.4 Å². The molecule has 1 heterocycles. The van der Waals surface area contributed by atoms with Crippen LogP contribution in [0, 0.1) is 0 Å². The molecule has 0 aliphatic carbocycles. The fraction of sp³-hybridized carbons (Fsp3) is 0.931. The molecule has 4 N–H and O–H groups in total. The van der Waals surface area contributed by atoms with Gasteiger partial charge in [-0.05, 0) is 109 Å². The van der Waals surface area contributed by atoms with Crippen LogP contribution in [-0.4, -0.2) is 167 Å². The Bertz CT molecular complexity index is 1340. The highest BCUT2D eigenvalue weighted by atomic mass is 33.1. The highest BCUT2D eigenvalue weighted by Crippen LogP contribution is 2.23. The van der Waals surface area contributed by atoms with E-state index < -0.39 is 12.2 Å². The van der Waals surface area contributed by atoms with E-state index in [0.29, 0.717) is 52.2 Å². The maximum Gasteiger partial charge on any atom is 0.305 e. The van der Waals surface area contributed by atoms with Gasteiger partial charge in [0, 0.05) is 83.4 Å². The molecule has 10 nitrogen and oxygen atoms in total. The van der Waals surface area contributed by atoms with E-state index in [9.17, 15) is 25.2 Å². The molecule has 1 aliphatic heterocycles. The second-order valence-corrected chi connectivity index (χ2v) is 28.3. The van der Waals surface area contributed by atoms with E-state index in [1.54, 1.807) is 0 Å². The van der Waals surface area contributed by atoms with Gasteiger partial charge in [-0.25, -0.2) is 0 Å². The number of carbonyl (C=O) groups excluding carboxylic acids is 1. The van der Waals surface area contributed by atoms with Gasteiger partial charge < -0.3 is 25.2 Å². The normalized spacial score (nSPS) is 15.2. The van der Waals surface area contributed by atoms with E-state index in [4.69, 9.17) is 4.74 Å². The molecule has 1 rings (SSSR count). The number of allylic oxidation sites excluding steroid dienone is 4. The Morgan fingerprint density at radius 2 is 0.702 bits per heavy atom. The average Bonchev–Trinajstić information content (AvgIpc) is 3.56. The van der Waals surface area contributed by atoms with Crippen molar-refractivity contribution in [2.45, 2.75) is 335 Å². The number of hydrogen-bond acceptors (Lipinski definition) is 12. The van der Waals surface area contributed by atoms with E-state index in [-0.39, 0.29) is 18.2 Å². The van der Waals surface area contributed by atoms with Gasteiger partial charge >= 0.3 is 5.97 Å². The molecule has 0 spiro atoms. The van der Waals surface area contributed by atoms with Gasteiger partial charge in [0.1, 0.15) is 6.61 Å². The zero-order chi connectivity index (χ0) is 60.9. The Hall–Kier alpha value is -0.670. The van der Waals surface area contributed by atoms with Crippen molar-refractivity contribution >= 4 is 27.6 Å². The molecule has 0 aromatic carbocycles. The van der Waals surface area contributed by atoms with Gasteiger partial charge in [0.15, 0.2) is 0 Å². The Kier molecular flexibility index (Phi) is 61.9. The average molecular weight is 1220 g/mol. The predicted molar refractivity (Wildman–Crippen MR) is 370 cm³/mol. The molecule has 0 saturated carbocycles. The summed E-state index contributed by atoms with van der Waals surface area (Å²) in [5, 5.41) is 44.2. The van der Waals surface area contributed by atoms with Crippen LogP contribution in [0.1, 0.15) is 310 Å². The van der Waals surface area contributed by atoms with Crippen molar-refractivity contribution in [3.05, 3.63) is 24.3 Å². The van der Waals surface area contributed by atoms with Gasteiger partial charge in [-0.15, -0.1) is 0 Å². The molecule has 1 saturated heterocycles. The quantitative estimate of drug-likeness (QED) is 0.0201. The van der Waals surface area contributed by atoms with Crippen LogP contribution in [0.25, 0.3) is 0 Å². The number of aliphatic hydroxyl groups is 4. The zero-order valence-electron chi connectivity index (χ0n) is 56.0. The minimum Gasteiger partial charge on any atom is -0.464 e. The second-order valence-electron chi connectivity index (χ2n) is 25.6. The molecular weight excluding hydrogens is 1080 g/mol. The number of nitrogens with zero attached hydrogens (tertiary/aromatic N) is 4. The van der Waals surface area contributed by atoms with Gasteiger partial charge in [-0.2, -0.15) is 0 Å². The Morgan fingerprint density at radius 1 is 0.393 bits per heavy atom. The third kappa shape index (κ3) is 56.6. The molecule has 0 bridgehead atoms. The monoisotopic (exact) mass is 1220 g/mol. The van der Waals surface area contributed by atoms with Crippen molar-refractivity contribution in [1.82, 2.24) is 19.6 Å². The van der Waals surface area contributed by atoms with Crippen LogP contribution in [0.3, 0.4) is 0 Å². The number of unbranched alkanes of at least 4 members (excludes halogenated alkanes) is 31. The molecular formula is C72H142N4O6S2. The Balaban J connectivity index is 2.38. The second kappa shape index (κ2) is 63.9. The predicted octanol–water partition coefficient (Wildman–Crippen LogP) is 17.9. The maximum absolute atomic E-state index is 12.8. The molecule has 0 radical (unpaired) electrons. The van der Waals surface area contributed by atoms with Crippen molar-refractivity contribution < 1.29 is 30.0 Å². The lowest BCUT2D eigenvalue weighted by molar-refractivity contribution is -0.144. The molecule has 1 aliphatic rings. The van der Waals surface area contributed by atoms with Crippen LogP contribution in [-0.2, 0) is 9.53 Å². The smallest absolute Gasteiger partial charge is 0.305 e. The van der Waals surface area contributed by atoms with Gasteiger partial charge in [0.25, 0.3) is 0 Å². The van der Waals surface area contributed by atoms with Crippen molar-refractivity contribution in [3.8, 4) is 0 Å². The highest BCUT2D eigenvalue weighted by molar-refractivity contribution is 8.76. The number of piperazine rings is 1. The molecule has 0 amide bonds. The summed E-state index contributed by atoms with van der Waals surface area (Å²) in [5.41, 5.74) is 0. The molecule has 84 heavy (non-hydrogen) atoms. The van der Waals surface area contributed by atoms with Crippen LogP contribution >= 0.6 is 21.6 Å². The zero-order valence-corrected chi connectivity index (χ0v) is 57.7. The third-order valence-corrected chi connectivity index (χ3v) is 19.7. The summed E-state index contributed by atoms with van der Waals surface area (Å²) in [7, 11) is 3.98. The lowest BCUT2D eigenvalue weighted by atomic mass is 10.1. The first kappa shape index (κ1) is 81.3. The summed E-state index contributed by atoms with van der Waals surface area (Å²) in [6.45, 7) is 19.5. The molecule has 0 aromatic rings. The first-order valence-electron chi connectivity index (χ1n) is 36.5. The molecule has 12 heteroatoms. The van der Waals surface area contributed by atoms with Crippen LogP contribution in [0.15, 0.2) is 24.3 Å². The van der Waals surface area contributed by atoms with Crippen LogP contribution in [0.2, 0.25) is 0 Å². The van der Waals surface area contributed by atoms with Gasteiger partial charge in [0.2, 0.25) is 0 Å². The largest absolute Gasteiger partial charge is 0.464 e. The van der Waals surface area contributed by atoms with Gasteiger partial charge in [0.05, 0.1) is 24.4 Å². The summed E-state index contributed by atoms with van der Waals surface area (Å²) in [4.78, 5) is 22.4. The fourth-order valence-electron chi connectivity index (χ4n) is 11.8. The third-order valence-electron chi connectivity index (χ3n) is 17.3. The van der Waals surface area contributed by atoms with Crippen LogP contribution in [0.4, 0.5) is 0 Å². The van der Waals surface area contributed by atoms with Crippen LogP contribution in [0.5, 0.6) is 0 Å². The molecule has 4 atom stereocenters. The Morgan fingerprint density at radius 3 is 1.07 bits per heavy atom.